The van der Waals surface area contributed by atoms with Crippen molar-refractivity contribution in [3.8, 4) is 11.3 Å². The van der Waals surface area contributed by atoms with Gasteiger partial charge in [0.05, 0.1) is 11.9 Å². The second-order valence-corrected chi connectivity index (χ2v) is 7.36. The lowest BCUT2D eigenvalue weighted by atomic mass is 9.97. The molecule has 5 rings (SSSR count). The van der Waals surface area contributed by atoms with Crippen LogP contribution in [0.2, 0.25) is 0 Å². The number of benzene rings is 4. The average Bonchev–Trinajstić information content (AvgIpc) is 3.23. The topological polar surface area (TPSA) is 37.3 Å². The number of aromatic nitrogens is 1. The van der Waals surface area contributed by atoms with Crippen LogP contribution in [0, 0.1) is 0 Å². The van der Waals surface area contributed by atoms with Crippen molar-refractivity contribution >= 4 is 44.2 Å². The fraction of sp³-hybridized carbons (Fsp3) is 0. The third-order valence-corrected chi connectivity index (χ3v) is 5.49. The quantitative estimate of drug-likeness (QED) is 0.218. The lowest BCUT2D eigenvalue weighted by molar-refractivity contribution is 1.29. The van der Waals surface area contributed by atoms with Crippen LogP contribution in [0.4, 0.5) is 5.13 Å². The number of thiazole rings is 1. The van der Waals surface area contributed by atoms with Crippen LogP contribution < -0.4 is 5.43 Å². The van der Waals surface area contributed by atoms with E-state index in [2.05, 4.69) is 82.2 Å². The van der Waals surface area contributed by atoms with Gasteiger partial charge in [0.2, 0.25) is 5.13 Å². The van der Waals surface area contributed by atoms with Gasteiger partial charge >= 0.3 is 0 Å². The molecule has 0 radical (unpaired) electrons. The van der Waals surface area contributed by atoms with Crippen LogP contribution >= 0.6 is 11.3 Å². The molecule has 0 aliphatic heterocycles. The number of nitrogens with one attached hydrogen (secondary N) is 1. The molecule has 4 aromatic carbocycles. The second kappa shape index (κ2) is 7.25. The molecule has 0 unspecified atom stereocenters. The predicted molar refractivity (Wildman–Crippen MR) is 120 cm³/mol. The van der Waals surface area contributed by atoms with Crippen molar-refractivity contribution in [2.45, 2.75) is 0 Å². The highest BCUT2D eigenvalue weighted by atomic mass is 32.1. The fourth-order valence-electron chi connectivity index (χ4n) is 3.41. The van der Waals surface area contributed by atoms with Crippen molar-refractivity contribution in [2.24, 2.45) is 5.10 Å². The zero-order valence-electron chi connectivity index (χ0n) is 15.0. The average molecular weight is 379 g/mol. The Morgan fingerprint density at radius 2 is 1.43 bits per heavy atom. The summed E-state index contributed by atoms with van der Waals surface area (Å²) in [5.41, 5.74) is 6.27. The van der Waals surface area contributed by atoms with Gasteiger partial charge in [-0.05, 0) is 27.6 Å². The van der Waals surface area contributed by atoms with Gasteiger partial charge < -0.3 is 0 Å². The monoisotopic (exact) mass is 379 g/mol. The molecule has 0 amide bonds. The van der Waals surface area contributed by atoms with Crippen LogP contribution in [0.5, 0.6) is 0 Å². The summed E-state index contributed by atoms with van der Waals surface area (Å²) in [6.07, 6.45) is 1.90. The minimum Gasteiger partial charge on any atom is -0.253 e. The van der Waals surface area contributed by atoms with E-state index in [0.717, 1.165) is 22.0 Å². The molecular weight excluding hydrogens is 362 g/mol. The molecule has 0 spiro atoms. The van der Waals surface area contributed by atoms with Crippen molar-refractivity contribution in [1.29, 1.82) is 0 Å². The lowest BCUT2D eigenvalue weighted by Crippen LogP contribution is -1.93. The van der Waals surface area contributed by atoms with Crippen LogP contribution in [0.15, 0.2) is 95.4 Å². The Hall–Kier alpha value is -3.50. The van der Waals surface area contributed by atoms with Gasteiger partial charge in [0.15, 0.2) is 0 Å². The predicted octanol–water partition coefficient (Wildman–Crippen LogP) is 6.56. The summed E-state index contributed by atoms with van der Waals surface area (Å²) in [5.74, 6) is 0. The number of hydrogen-bond acceptors (Lipinski definition) is 4. The summed E-state index contributed by atoms with van der Waals surface area (Å²) in [6, 6.07) is 29.2. The molecule has 4 heteroatoms. The highest BCUT2D eigenvalue weighted by Gasteiger charge is 2.06. The number of rotatable bonds is 4. The number of nitrogens with zero attached hydrogens (tertiary/aromatic N) is 2. The molecule has 0 saturated carbocycles. The van der Waals surface area contributed by atoms with Gasteiger partial charge in [0.1, 0.15) is 0 Å². The van der Waals surface area contributed by atoms with Crippen LogP contribution in [0.1, 0.15) is 5.56 Å². The largest absolute Gasteiger partial charge is 0.253 e. The van der Waals surface area contributed by atoms with E-state index in [4.69, 9.17) is 0 Å². The highest BCUT2D eigenvalue weighted by Crippen LogP contribution is 2.28. The van der Waals surface area contributed by atoms with Crippen molar-refractivity contribution in [3.63, 3.8) is 0 Å². The number of fused-ring (bicyclic) bond motifs is 2. The van der Waals surface area contributed by atoms with Gasteiger partial charge in [0, 0.05) is 16.5 Å². The Kier molecular flexibility index (Phi) is 4.31. The third kappa shape index (κ3) is 3.15. The minimum absolute atomic E-state index is 0.777. The molecule has 0 saturated heterocycles. The van der Waals surface area contributed by atoms with Gasteiger partial charge in [-0.1, -0.05) is 78.9 Å². The Morgan fingerprint density at radius 1 is 0.786 bits per heavy atom. The Labute approximate surface area is 167 Å². The molecule has 0 fully saturated rings. The van der Waals surface area contributed by atoms with E-state index in [9.17, 15) is 0 Å². The van der Waals surface area contributed by atoms with E-state index in [1.807, 2.05) is 29.8 Å². The molecule has 0 aliphatic carbocycles. The van der Waals surface area contributed by atoms with E-state index >= 15 is 0 Å². The van der Waals surface area contributed by atoms with Crippen LogP contribution in [0.25, 0.3) is 32.8 Å². The minimum atomic E-state index is 0.777. The van der Waals surface area contributed by atoms with Crippen molar-refractivity contribution in [1.82, 2.24) is 4.98 Å². The number of anilines is 1. The fourth-order valence-corrected chi connectivity index (χ4v) is 4.08. The molecule has 28 heavy (non-hydrogen) atoms. The first kappa shape index (κ1) is 16.7. The van der Waals surface area contributed by atoms with E-state index in [1.165, 1.54) is 21.5 Å². The summed E-state index contributed by atoms with van der Waals surface area (Å²) in [6.45, 7) is 0. The summed E-state index contributed by atoms with van der Waals surface area (Å²) in [4.78, 5) is 4.63. The summed E-state index contributed by atoms with van der Waals surface area (Å²) < 4.78 is 0. The third-order valence-electron chi connectivity index (χ3n) is 4.74. The van der Waals surface area contributed by atoms with Gasteiger partial charge in [0.25, 0.3) is 0 Å². The Balaban J connectivity index is 1.48. The van der Waals surface area contributed by atoms with Crippen LogP contribution in [-0.4, -0.2) is 11.2 Å². The zero-order valence-corrected chi connectivity index (χ0v) is 15.9. The van der Waals surface area contributed by atoms with Gasteiger partial charge in [-0.3, -0.25) is 5.43 Å². The van der Waals surface area contributed by atoms with Gasteiger partial charge in [-0.2, -0.15) is 5.10 Å². The highest BCUT2D eigenvalue weighted by molar-refractivity contribution is 7.14. The molecule has 1 N–H and O–H groups in total. The van der Waals surface area contributed by atoms with Crippen molar-refractivity contribution in [2.75, 3.05) is 5.43 Å². The molecule has 0 bridgehead atoms. The van der Waals surface area contributed by atoms with E-state index in [-0.39, 0.29) is 0 Å². The smallest absolute Gasteiger partial charge is 0.203 e. The normalized spacial score (nSPS) is 11.4. The van der Waals surface area contributed by atoms with E-state index < -0.39 is 0 Å². The molecule has 0 atom stereocenters. The van der Waals surface area contributed by atoms with Crippen molar-refractivity contribution < 1.29 is 0 Å². The molecule has 1 aromatic heterocycles. The maximum Gasteiger partial charge on any atom is 0.203 e. The van der Waals surface area contributed by atoms with E-state index in [0.29, 0.717) is 0 Å². The van der Waals surface area contributed by atoms with Crippen LogP contribution in [0.3, 0.4) is 0 Å². The standard InChI is InChI=1S/C24H17N3S/c1-2-8-17(9-3-1)23-16-28-24(26-23)27-25-15-22-20-12-6-4-10-18(20)14-19-11-5-7-13-21(19)22/h1-16H,(H,26,27). The number of hydrogen-bond donors (Lipinski definition) is 1. The maximum absolute atomic E-state index is 4.63. The zero-order chi connectivity index (χ0) is 18.8. The Morgan fingerprint density at radius 3 is 2.14 bits per heavy atom. The molecular formula is C24H17N3S. The maximum atomic E-state index is 4.63. The first-order valence-electron chi connectivity index (χ1n) is 9.09. The molecule has 5 aromatic rings. The summed E-state index contributed by atoms with van der Waals surface area (Å²) in [5, 5.41) is 12.1. The molecule has 0 aliphatic rings. The van der Waals surface area contributed by atoms with E-state index in [1.54, 1.807) is 11.3 Å². The summed E-state index contributed by atoms with van der Waals surface area (Å²) >= 11 is 1.55. The summed E-state index contributed by atoms with van der Waals surface area (Å²) in [7, 11) is 0. The molecule has 134 valence electrons. The SMILES string of the molecule is C(=NNc1nc(-c2ccccc2)cs1)c1c2ccccc2cc2ccccc12. The first-order chi connectivity index (χ1) is 13.9. The van der Waals surface area contributed by atoms with Crippen molar-refractivity contribution in [3.05, 3.63) is 95.9 Å². The van der Waals surface area contributed by atoms with Gasteiger partial charge in [-0.25, -0.2) is 4.98 Å². The second-order valence-electron chi connectivity index (χ2n) is 6.51. The molecule has 1 heterocycles. The number of hydrazone groups is 1. The first-order valence-corrected chi connectivity index (χ1v) is 9.97. The van der Waals surface area contributed by atoms with Gasteiger partial charge in [-0.15, -0.1) is 11.3 Å². The molecule has 3 nitrogen and oxygen atoms in total. The van der Waals surface area contributed by atoms with Crippen LogP contribution in [-0.2, 0) is 0 Å². The lowest BCUT2D eigenvalue weighted by Gasteiger charge is -2.07. The Bertz CT molecular complexity index is 1240.